The number of aryl methyl sites for hydroxylation is 1. The van der Waals surface area contributed by atoms with Crippen LogP contribution in [0.4, 0.5) is 0 Å². The van der Waals surface area contributed by atoms with E-state index in [9.17, 15) is 9.59 Å². The van der Waals surface area contributed by atoms with Crippen molar-refractivity contribution in [2.75, 3.05) is 0 Å². The average Bonchev–Trinajstić information content (AvgIpc) is 2.96. The van der Waals surface area contributed by atoms with Crippen molar-refractivity contribution in [3.8, 4) is 23.6 Å². The fraction of sp³-hybridized carbons (Fsp3) is 0.222. The van der Waals surface area contributed by atoms with Crippen molar-refractivity contribution in [3.63, 3.8) is 0 Å². The summed E-state index contributed by atoms with van der Waals surface area (Å²) in [5.74, 6) is 0.164. The van der Waals surface area contributed by atoms with Crippen LogP contribution in [0.3, 0.4) is 0 Å². The molecule has 0 aliphatic rings. The maximum Gasteiger partial charge on any atom is 0.307 e. The van der Waals surface area contributed by atoms with Gasteiger partial charge in [-0.25, -0.2) is 0 Å². The van der Waals surface area contributed by atoms with Crippen molar-refractivity contribution in [1.82, 2.24) is 4.98 Å². The van der Waals surface area contributed by atoms with Gasteiger partial charge in [0.25, 0.3) is 0 Å². The summed E-state index contributed by atoms with van der Waals surface area (Å²) in [5.41, 5.74) is 3.35. The molecule has 0 spiro atoms. The van der Waals surface area contributed by atoms with E-state index >= 15 is 0 Å². The second kappa shape index (κ2) is 6.77. The highest BCUT2D eigenvalue weighted by Gasteiger charge is 2.22. The Kier molecular flexibility index (Phi) is 4.80. The van der Waals surface area contributed by atoms with Crippen molar-refractivity contribution in [2.24, 2.45) is 5.92 Å². The number of carbonyl (C=O) groups excluding carboxylic acids is 1. The number of aliphatic carboxylic acids is 1. The number of hydrogen-bond acceptors (Lipinski definition) is 2. The monoisotopic (exact) mass is 295 g/mol. The Morgan fingerprint density at radius 1 is 1.27 bits per heavy atom. The molecular formula is C18H17NO3. The Bertz CT molecular complexity index is 737. The Morgan fingerprint density at radius 2 is 2.00 bits per heavy atom. The molecule has 2 N–H and O–H groups in total. The smallest absolute Gasteiger partial charge is 0.307 e. The number of aromatic nitrogens is 1. The van der Waals surface area contributed by atoms with Gasteiger partial charge in [0, 0.05) is 24.1 Å². The van der Waals surface area contributed by atoms with Gasteiger partial charge in [0.1, 0.15) is 0 Å². The molecule has 2 rings (SSSR count). The van der Waals surface area contributed by atoms with Crippen LogP contribution in [0.2, 0.25) is 0 Å². The third kappa shape index (κ3) is 3.44. The van der Waals surface area contributed by atoms with E-state index in [2.05, 4.69) is 10.9 Å². The predicted molar refractivity (Wildman–Crippen MR) is 84.5 cm³/mol. The number of carboxylic acids is 1. The quantitative estimate of drug-likeness (QED) is 0.634. The van der Waals surface area contributed by atoms with Gasteiger partial charge >= 0.3 is 5.97 Å². The minimum absolute atomic E-state index is 0.0480. The van der Waals surface area contributed by atoms with Crippen molar-refractivity contribution < 1.29 is 14.7 Å². The van der Waals surface area contributed by atoms with Crippen molar-refractivity contribution >= 4 is 11.8 Å². The maximum absolute atomic E-state index is 12.2. The lowest BCUT2D eigenvalue weighted by Gasteiger charge is -2.07. The van der Waals surface area contributed by atoms with Gasteiger partial charge in [-0.2, -0.15) is 0 Å². The highest BCUT2D eigenvalue weighted by molar-refractivity contribution is 5.97. The molecule has 1 atom stereocenters. The van der Waals surface area contributed by atoms with Crippen LogP contribution in [0, 0.1) is 25.2 Å². The highest BCUT2D eigenvalue weighted by Crippen LogP contribution is 2.23. The first-order valence-corrected chi connectivity index (χ1v) is 6.97. The number of ketones is 1. The summed E-state index contributed by atoms with van der Waals surface area (Å²) < 4.78 is 0. The molecule has 0 aliphatic heterocycles. The van der Waals surface area contributed by atoms with Gasteiger partial charge in [0.2, 0.25) is 0 Å². The number of H-pyrrole nitrogens is 1. The van der Waals surface area contributed by atoms with E-state index in [-0.39, 0.29) is 18.6 Å². The minimum atomic E-state index is -1.04. The third-order valence-corrected chi connectivity index (χ3v) is 3.57. The molecule has 0 radical (unpaired) electrons. The number of Topliss-reactive ketones (excluding diaryl/α,β-unsaturated/α-hetero) is 1. The Labute approximate surface area is 129 Å². The van der Waals surface area contributed by atoms with E-state index in [1.807, 2.05) is 37.3 Å². The Balaban J connectivity index is 2.18. The number of benzene rings is 1. The molecule has 2 aromatic rings. The van der Waals surface area contributed by atoms with Crippen LogP contribution in [0.25, 0.3) is 11.3 Å². The van der Waals surface area contributed by atoms with Crippen LogP contribution in [0.15, 0.2) is 36.4 Å². The Morgan fingerprint density at radius 3 is 2.64 bits per heavy atom. The van der Waals surface area contributed by atoms with Gasteiger partial charge in [-0.15, -0.1) is 12.3 Å². The maximum atomic E-state index is 12.2. The number of terminal acetylenes is 1. The molecule has 4 nitrogen and oxygen atoms in total. The van der Waals surface area contributed by atoms with Gasteiger partial charge in [-0.3, -0.25) is 9.59 Å². The zero-order valence-corrected chi connectivity index (χ0v) is 12.3. The van der Waals surface area contributed by atoms with Crippen molar-refractivity contribution in [1.29, 1.82) is 0 Å². The molecule has 112 valence electrons. The zero-order valence-electron chi connectivity index (χ0n) is 12.3. The fourth-order valence-corrected chi connectivity index (χ4v) is 2.31. The van der Waals surface area contributed by atoms with Crippen LogP contribution in [-0.4, -0.2) is 21.8 Å². The summed E-state index contributed by atoms with van der Waals surface area (Å²) in [6.45, 7) is 1.99. The SMILES string of the molecule is C#CC[C@H](CC(=O)c1ccc(-c2ccccc2C)[nH]1)C(=O)O. The Hall–Kier alpha value is -2.80. The second-order valence-corrected chi connectivity index (χ2v) is 5.17. The number of hydrogen-bond donors (Lipinski definition) is 2. The standard InChI is InChI=1S/C18H17NO3/c1-3-6-13(18(21)22)11-17(20)16-10-9-15(19-16)14-8-5-4-7-12(14)2/h1,4-5,7-10,13,19H,6,11H2,2H3,(H,21,22)/t13-/m1/s1. The van der Waals surface area contributed by atoms with Crippen molar-refractivity contribution in [3.05, 3.63) is 47.7 Å². The normalized spacial score (nSPS) is 11.6. The van der Waals surface area contributed by atoms with Gasteiger partial charge in [-0.1, -0.05) is 24.3 Å². The lowest BCUT2D eigenvalue weighted by Crippen LogP contribution is -2.17. The number of aromatic amines is 1. The molecule has 0 bridgehead atoms. The number of rotatable bonds is 6. The lowest BCUT2D eigenvalue weighted by atomic mass is 9.98. The number of carbonyl (C=O) groups is 2. The second-order valence-electron chi connectivity index (χ2n) is 5.17. The average molecular weight is 295 g/mol. The number of nitrogens with one attached hydrogen (secondary N) is 1. The lowest BCUT2D eigenvalue weighted by molar-refractivity contribution is -0.141. The van der Waals surface area contributed by atoms with Gasteiger partial charge < -0.3 is 10.1 Å². The molecule has 0 fully saturated rings. The molecule has 4 heteroatoms. The summed E-state index contributed by atoms with van der Waals surface area (Å²) in [4.78, 5) is 26.3. The van der Waals surface area contributed by atoms with Crippen LogP contribution in [0.5, 0.6) is 0 Å². The van der Waals surface area contributed by atoms with Gasteiger partial charge in [0.15, 0.2) is 5.78 Å². The first-order valence-electron chi connectivity index (χ1n) is 6.97. The molecule has 0 saturated heterocycles. The summed E-state index contributed by atoms with van der Waals surface area (Å²) in [5, 5.41) is 9.06. The van der Waals surface area contributed by atoms with E-state index < -0.39 is 11.9 Å². The molecule has 1 heterocycles. The largest absolute Gasteiger partial charge is 0.481 e. The van der Waals surface area contributed by atoms with Crippen LogP contribution in [0.1, 0.15) is 28.9 Å². The fourth-order valence-electron chi connectivity index (χ4n) is 2.31. The molecule has 0 saturated carbocycles. The highest BCUT2D eigenvalue weighted by atomic mass is 16.4. The zero-order chi connectivity index (χ0) is 16.1. The van der Waals surface area contributed by atoms with E-state index in [0.717, 1.165) is 16.8 Å². The molecule has 0 amide bonds. The summed E-state index contributed by atoms with van der Waals surface area (Å²) in [7, 11) is 0. The van der Waals surface area contributed by atoms with Gasteiger partial charge in [0.05, 0.1) is 11.6 Å². The van der Waals surface area contributed by atoms with E-state index in [1.165, 1.54) is 0 Å². The van der Waals surface area contributed by atoms with Crippen molar-refractivity contribution in [2.45, 2.75) is 19.8 Å². The summed E-state index contributed by atoms with van der Waals surface area (Å²) in [6.07, 6.45) is 5.09. The van der Waals surface area contributed by atoms with E-state index in [0.29, 0.717) is 5.69 Å². The molecule has 1 aromatic carbocycles. The molecule has 0 unspecified atom stereocenters. The number of carboxylic acid groups (broad SMARTS) is 1. The van der Waals surface area contributed by atoms with Crippen LogP contribution < -0.4 is 0 Å². The van der Waals surface area contributed by atoms with Crippen LogP contribution >= 0.6 is 0 Å². The first-order chi connectivity index (χ1) is 10.5. The van der Waals surface area contributed by atoms with E-state index in [4.69, 9.17) is 11.5 Å². The summed E-state index contributed by atoms with van der Waals surface area (Å²) in [6, 6.07) is 11.3. The molecular weight excluding hydrogens is 278 g/mol. The molecule has 0 aliphatic carbocycles. The molecule has 1 aromatic heterocycles. The van der Waals surface area contributed by atoms with Crippen LogP contribution in [-0.2, 0) is 4.79 Å². The summed E-state index contributed by atoms with van der Waals surface area (Å²) >= 11 is 0. The van der Waals surface area contributed by atoms with E-state index in [1.54, 1.807) is 6.07 Å². The first kappa shape index (κ1) is 15.6. The van der Waals surface area contributed by atoms with Gasteiger partial charge in [-0.05, 0) is 24.6 Å². The minimum Gasteiger partial charge on any atom is -0.481 e. The topological polar surface area (TPSA) is 70.2 Å². The molecule has 22 heavy (non-hydrogen) atoms. The predicted octanol–water partition coefficient (Wildman–Crippen LogP) is 3.29. The third-order valence-electron chi connectivity index (χ3n) is 3.57.